The molecule has 2 rings (SSSR count). The number of carbonyl (C=O) groups is 3. The van der Waals surface area contributed by atoms with Gasteiger partial charge in [0.1, 0.15) is 0 Å². The predicted molar refractivity (Wildman–Crippen MR) is 90.2 cm³/mol. The van der Waals surface area contributed by atoms with Gasteiger partial charge >= 0.3 is 0 Å². The molecule has 0 atom stereocenters. The molecule has 2 aromatic rings. The van der Waals surface area contributed by atoms with Crippen LogP contribution in [0.4, 0.5) is 0 Å². The van der Waals surface area contributed by atoms with Crippen LogP contribution in [-0.2, 0) is 16.0 Å². The largest absolute Gasteiger partial charge is 0.343 e. The van der Waals surface area contributed by atoms with Gasteiger partial charge in [-0.1, -0.05) is 48.0 Å². The van der Waals surface area contributed by atoms with Crippen molar-refractivity contribution < 1.29 is 14.4 Å². The van der Waals surface area contributed by atoms with Crippen molar-refractivity contribution >= 4 is 29.3 Å². The van der Waals surface area contributed by atoms with E-state index in [4.69, 9.17) is 11.6 Å². The lowest BCUT2D eigenvalue weighted by molar-refractivity contribution is -0.128. The molecule has 0 saturated heterocycles. The average Bonchev–Trinajstić information content (AvgIpc) is 2.58. The van der Waals surface area contributed by atoms with Gasteiger partial charge in [0.15, 0.2) is 0 Å². The molecule has 0 bridgehead atoms. The van der Waals surface area contributed by atoms with E-state index in [1.165, 1.54) is 6.07 Å². The summed E-state index contributed by atoms with van der Waals surface area (Å²) in [5.41, 5.74) is 5.72. The predicted octanol–water partition coefficient (Wildman–Crippen LogP) is 1.46. The molecule has 0 heterocycles. The zero-order valence-corrected chi connectivity index (χ0v) is 13.5. The number of halogens is 1. The highest BCUT2D eigenvalue weighted by Crippen LogP contribution is 2.10. The number of nitrogens with one attached hydrogen (secondary N) is 3. The minimum absolute atomic E-state index is 0.149. The first kappa shape index (κ1) is 17.5. The molecule has 3 amide bonds. The van der Waals surface area contributed by atoms with Gasteiger partial charge in [-0.15, -0.1) is 0 Å². The van der Waals surface area contributed by atoms with E-state index in [2.05, 4.69) is 16.2 Å². The maximum atomic E-state index is 11.8. The maximum Gasteiger partial charge on any atom is 0.257 e. The Labute approximate surface area is 144 Å². The van der Waals surface area contributed by atoms with Crippen LogP contribution in [0.5, 0.6) is 0 Å². The summed E-state index contributed by atoms with van der Waals surface area (Å²) in [7, 11) is 0. The zero-order valence-electron chi connectivity index (χ0n) is 12.7. The van der Waals surface area contributed by atoms with Gasteiger partial charge in [0, 0.05) is 10.6 Å². The van der Waals surface area contributed by atoms with Crippen LogP contribution in [0, 0.1) is 0 Å². The highest BCUT2D eigenvalue weighted by Gasteiger charge is 2.09. The van der Waals surface area contributed by atoms with Gasteiger partial charge in [-0.25, -0.2) is 0 Å². The van der Waals surface area contributed by atoms with Crippen LogP contribution in [0.25, 0.3) is 0 Å². The Balaban J connectivity index is 1.71. The lowest BCUT2D eigenvalue weighted by atomic mass is 10.1. The van der Waals surface area contributed by atoms with Gasteiger partial charge in [0.2, 0.25) is 5.91 Å². The standard InChI is InChI=1S/C17H16ClN3O3/c18-14-8-4-7-13(10-14)17(24)19-11-16(23)21-20-15(22)9-12-5-2-1-3-6-12/h1-8,10H,9,11H2,(H,19,24)(H,20,22)(H,21,23). The molecule has 6 nitrogen and oxygen atoms in total. The number of benzene rings is 2. The average molecular weight is 346 g/mol. The van der Waals surface area contributed by atoms with E-state index in [1.807, 2.05) is 30.3 Å². The van der Waals surface area contributed by atoms with Crippen molar-refractivity contribution in [2.24, 2.45) is 0 Å². The van der Waals surface area contributed by atoms with Crippen molar-refractivity contribution in [2.45, 2.75) is 6.42 Å². The lowest BCUT2D eigenvalue weighted by Gasteiger charge is -2.08. The third-order valence-electron chi connectivity index (χ3n) is 3.05. The van der Waals surface area contributed by atoms with Crippen molar-refractivity contribution in [2.75, 3.05) is 6.54 Å². The molecule has 3 N–H and O–H groups in total. The Bertz CT molecular complexity index is 735. The van der Waals surface area contributed by atoms with Crippen LogP contribution in [0.1, 0.15) is 15.9 Å². The Morgan fingerprint density at radius 3 is 2.29 bits per heavy atom. The van der Waals surface area contributed by atoms with Crippen LogP contribution in [-0.4, -0.2) is 24.3 Å². The molecule has 0 radical (unpaired) electrons. The number of amides is 3. The second kappa shape index (κ2) is 8.69. The third-order valence-corrected chi connectivity index (χ3v) is 3.28. The van der Waals surface area contributed by atoms with Gasteiger partial charge in [-0.3, -0.25) is 25.2 Å². The molecule has 0 spiro atoms. The molecule has 0 saturated carbocycles. The SMILES string of the molecule is O=C(CNC(=O)c1cccc(Cl)c1)NNC(=O)Cc1ccccc1. The van der Waals surface area contributed by atoms with E-state index in [0.29, 0.717) is 10.6 Å². The first-order valence-electron chi connectivity index (χ1n) is 7.20. The lowest BCUT2D eigenvalue weighted by Crippen LogP contribution is -2.46. The quantitative estimate of drug-likeness (QED) is 0.717. The molecule has 0 aliphatic carbocycles. The van der Waals surface area contributed by atoms with Crippen molar-refractivity contribution in [3.05, 3.63) is 70.7 Å². The molecule has 0 unspecified atom stereocenters. The summed E-state index contributed by atoms with van der Waals surface area (Å²) in [5, 5.41) is 2.87. The monoisotopic (exact) mass is 345 g/mol. The van der Waals surface area contributed by atoms with Gasteiger partial charge < -0.3 is 5.32 Å². The molecule has 0 fully saturated rings. The summed E-state index contributed by atoms with van der Waals surface area (Å²) in [5.74, 6) is -1.31. The summed E-state index contributed by atoms with van der Waals surface area (Å²) in [4.78, 5) is 35.2. The molecular weight excluding hydrogens is 330 g/mol. The van der Waals surface area contributed by atoms with E-state index in [1.54, 1.807) is 18.2 Å². The number of rotatable bonds is 5. The highest BCUT2D eigenvalue weighted by molar-refractivity contribution is 6.30. The van der Waals surface area contributed by atoms with Gasteiger partial charge in [-0.2, -0.15) is 0 Å². The van der Waals surface area contributed by atoms with E-state index >= 15 is 0 Å². The van der Waals surface area contributed by atoms with E-state index in [9.17, 15) is 14.4 Å². The molecule has 124 valence electrons. The zero-order chi connectivity index (χ0) is 17.4. The van der Waals surface area contributed by atoms with Crippen LogP contribution in [0.3, 0.4) is 0 Å². The molecule has 2 aromatic carbocycles. The molecule has 7 heteroatoms. The van der Waals surface area contributed by atoms with E-state index in [0.717, 1.165) is 5.56 Å². The third kappa shape index (κ3) is 5.73. The minimum atomic E-state index is -0.535. The number of hydrogen-bond acceptors (Lipinski definition) is 3. The maximum absolute atomic E-state index is 11.8. The summed E-state index contributed by atoms with van der Waals surface area (Å²) in [6, 6.07) is 15.5. The second-order valence-electron chi connectivity index (χ2n) is 4.95. The Kier molecular flexibility index (Phi) is 6.33. The Morgan fingerprint density at radius 1 is 0.875 bits per heavy atom. The van der Waals surface area contributed by atoms with Crippen LogP contribution in [0.15, 0.2) is 54.6 Å². The van der Waals surface area contributed by atoms with Crippen LogP contribution >= 0.6 is 11.6 Å². The van der Waals surface area contributed by atoms with Crippen molar-refractivity contribution in [3.63, 3.8) is 0 Å². The second-order valence-corrected chi connectivity index (χ2v) is 5.39. The van der Waals surface area contributed by atoms with Crippen LogP contribution < -0.4 is 16.2 Å². The topological polar surface area (TPSA) is 87.3 Å². The fraction of sp³-hybridized carbons (Fsp3) is 0.118. The first-order valence-corrected chi connectivity index (χ1v) is 7.58. The molecule has 0 aliphatic heterocycles. The van der Waals surface area contributed by atoms with Gasteiger partial charge in [0.05, 0.1) is 13.0 Å². The Morgan fingerprint density at radius 2 is 1.58 bits per heavy atom. The summed E-state index contributed by atoms with van der Waals surface area (Å²) in [6.45, 7) is -0.267. The number of carbonyl (C=O) groups excluding carboxylic acids is 3. The van der Waals surface area contributed by atoms with Gasteiger partial charge in [-0.05, 0) is 23.8 Å². The fourth-order valence-electron chi connectivity index (χ4n) is 1.90. The minimum Gasteiger partial charge on any atom is -0.343 e. The Hall–Kier alpha value is -2.86. The van der Waals surface area contributed by atoms with E-state index in [-0.39, 0.29) is 18.9 Å². The highest BCUT2D eigenvalue weighted by atomic mass is 35.5. The number of hydrazine groups is 1. The molecule has 24 heavy (non-hydrogen) atoms. The van der Waals surface area contributed by atoms with Gasteiger partial charge in [0.25, 0.3) is 11.8 Å². The fourth-order valence-corrected chi connectivity index (χ4v) is 2.09. The number of hydrogen-bond donors (Lipinski definition) is 3. The van der Waals surface area contributed by atoms with Crippen molar-refractivity contribution in [3.8, 4) is 0 Å². The summed E-state index contributed by atoms with van der Waals surface area (Å²) in [6.07, 6.45) is 0.149. The summed E-state index contributed by atoms with van der Waals surface area (Å²) < 4.78 is 0. The molecule has 0 aromatic heterocycles. The molecular formula is C17H16ClN3O3. The van der Waals surface area contributed by atoms with Crippen molar-refractivity contribution in [1.82, 2.24) is 16.2 Å². The smallest absolute Gasteiger partial charge is 0.257 e. The van der Waals surface area contributed by atoms with E-state index < -0.39 is 11.8 Å². The van der Waals surface area contributed by atoms with Crippen LogP contribution in [0.2, 0.25) is 5.02 Å². The molecule has 0 aliphatic rings. The summed E-state index contributed by atoms with van der Waals surface area (Å²) >= 11 is 5.80. The first-order chi connectivity index (χ1) is 11.5. The normalized spacial score (nSPS) is 9.88. The van der Waals surface area contributed by atoms with Crippen molar-refractivity contribution in [1.29, 1.82) is 0 Å².